The number of aromatic hydroxyl groups is 1. The Morgan fingerprint density at radius 3 is 2.79 bits per heavy atom. The molecule has 2 N–H and O–H groups in total. The Morgan fingerprint density at radius 1 is 1.42 bits per heavy atom. The second kappa shape index (κ2) is 6.77. The monoisotopic (exact) mass is 335 g/mol. The molecule has 1 atom stereocenters. The molecule has 1 aliphatic rings. The van der Waals surface area contributed by atoms with Gasteiger partial charge in [0.15, 0.2) is 0 Å². The molecule has 1 radical (unpaired) electrons. The van der Waals surface area contributed by atoms with Crippen molar-refractivity contribution in [1.29, 1.82) is 0 Å². The van der Waals surface area contributed by atoms with Gasteiger partial charge in [0, 0.05) is 44.9 Å². The largest absolute Gasteiger partial charge is 0.684 e. The summed E-state index contributed by atoms with van der Waals surface area (Å²) in [6.45, 7) is 0. The maximum Gasteiger partial charge on any atom is 0.226 e. The minimum atomic E-state index is -0.856. The van der Waals surface area contributed by atoms with Gasteiger partial charge >= 0.3 is 0 Å². The summed E-state index contributed by atoms with van der Waals surface area (Å²) in [5.41, 5.74) is 0.0831. The number of nitrogens with one attached hydrogen (secondary N) is 1. The summed E-state index contributed by atoms with van der Waals surface area (Å²) in [5, 5.41) is 15.0. The summed E-state index contributed by atoms with van der Waals surface area (Å²) in [6.07, 6.45) is 0.381. The van der Waals surface area contributed by atoms with Gasteiger partial charge in [0.1, 0.15) is 0 Å². The number of imide groups is 1. The van der Waals surface area contributed by atoms with Crippen LogP contribution in [0.15, 0.2) is 18.2 Å². The van der Waals surface area contributed by atoms with E-state index in [2.05, 4.69) is 16.7 Å². The molecule has 19 heavy (non-hydrogen) atoms. The Balaban J connectivity index is 0.00000180. The molecule has 3 amide bonds. The van der Waals surface area contributed by atoms with Crippen molar-refractivity contribution >= 4 is 17.7 Å². The van der Waals surface area contributed by atoms with E-state index in [9.17, 15) is 19.5 Å². The number of rotatable bonds is 2. The molecule has 1 saturated heterocycles. The van der Waals surface area contributed by atoms with Crippen LogP contribution in [0.25, 0.3) is 5.32 Å². The zero-order valence-electron chi connectivity index (χ0n) is 9.92. The van der Waals surface area contributed by atoms with Crippen molar-refractivity contribution in [3.63, 3.8) is 0 Å². The van der Waals surface area contributed by atoms with Crippen molar-refractivity contribution < 1.29 is 52.2 Å². The van der Waals surface area contributed by atoms with Crippen LogP contribution in [0.4, 0.5) is 0 Å². The molecule has 0 aromatic heterocycles. The summed E-state index contributed by atoms with van der Waals surface area (Å²) in [5.74, 6) is -1.73. The van der Waals surface area contributed by atoms with Crippen molar-refractivity contribution in [2.24, 2.45) is 0 Å². The second-order valence-corrected chi connectivity index (χ2v) is 3.85. The summed E-state index contributed by atoms with van der Waals surface area (Å²) < 4.78 is 0. The van der Waals surface area contributed by atoms with E-state index < -0.39 is 17.9 Å². The molecule has 0 spiro atoms. The van der Waals surface area contributed by atoms with Crippen molar-refractivity contribution in [3.05, 3.63) is 35.1 Å². The summed E-state index contributed by atoms with van der Waals surface area (Å²) in [6, 6.07) is 5.88. The van der Waals surface area contributed by atoms with E-state index in [-0.39, 0.29) is 62.8 Å². The van der Waals surface area contributed by atoms with Crippen molar-refractivity contribution in [2.45, 2.75) is 18.9 Å². The fraction of sp³-hybridized carbons (Fsp3) is 0.250. The fourth-order valence-corrected chi connectivity index (χ4v) is 1.60. The Morgan fingerprint density at radius 2 is 2.16 bits per heavy atom. The molecular weight excluding hydrogens is 325 g/mol. The van der Waals surface area contributed by atoms with Crippen LogP contribution in [0.1, 0.15) is 23.2 Å². The molecule has 1 aromatic rings. The molecule has 1 aliphatic heterocycles. The van der Waals surface area contributed by atoms with E-state index in [0.29, 0.717) is 0 Å². The number of carbonyl (C=O) groups excluding carboxylic acids is 3. The van der Waals surface area contributed by atoms with Crippen LogP contribution in [0, 0.1) is 6.07 Å². The predicted molar refractivity (Wildman–Crippen MR) is 60.8 cm³/mol. The number of phenolic OH excluding ortho intramolecular Hbond substituents is 1. The molecule has 0 aliphatic carbocycles. The van der Waals surface area contributed by atoms with Gasteiger partial charge in [-0.2, -0.15) is 0 Å². The van der Waals surface area contributed by atoms with Crippen LogP contribution >= 0.6 is 0 Å². The third kappa shape index (κ3) is 4.11. The van der Waals surface area contributed by atoms with Gasteiger partial charge in [0.25, 0.3) is 0 Å². The SMILES string of the molecule is O=C1CCC([N-]C(=O)c2[c-]c(O)ccc2)C(=O)N1.[Y]. The van der Waals surface area contributed by atoms with Crippen LogP contribution in [0.5, 0.6) is 5.75 Å². The van der Waals surface area contributed by atoms with Gasteiger partial charge in [-0.1, -0.05) is 6.07 Å². The minimum absolute atomic E-state index is 0. The van der Waals surface area contributed by atoms with Gasteiger partial charge in [0.05, 0.1) is 0 Å². The smallest absolute Gasteiger partial charge is 0.226 e. The first-order valence-corrected chi connectivity index (χ1v) is 5.36. The standard InChI is InChI=1S/C12H11N2O4.Y/c15-8-3-1-2-7(6-8)11(17)13-9-4-5-10(16)14-12(9)18;/h1-3,9H,4-5H2,(H3,13,14,15,16,17,18);/q-1;/p-1. The quantitative estimate of drug-likeness (QED) is 0.608. The van der Waals surface area contributed by atoms with Crippen molar-refractivity contribution in [2.75, 3.05) is 0 Å². The van der Waals surface area contributed by atoms with Crippen LogP contribution in [0.2, 0.25) is 0 Å². The number of hydrogen-bond acceptors (Lipinski definition) is 4. The van der Waals surface area contributed by atoms with Crippen molar-refractivity contribution in [3.8, 4) is 5.75 Å². The average Bonchev–Trinajstić information content (AvgIpc) is 2.32. The predicted octanol–water partition coefficient (Wildman–Crippen LogP) is 0.509. The number of piperidine rings is 1. The fourth-order valence-electron chi connectivity index (χ4n) is 1.60. The molecule has 7 heteroatoms. The maximum absolute atomic E-state index is 11.7. The third-order valence-corrected chi connectivity index (χ3v) is 2.49. The topological polar surface area (TPSA) is 97.6 Å². The number of benzene rings is 1. The Labute approximate surface area is 134 Å². The molecule has 97 valence electrons. The van der Waals surface area contributed by atoms with E-state index in [1.807, 2.05) is 0 Å². The van der Waals surface area contributed by atoms with Crippen LogP contribution < -0.4 is 5.32 Å². The van der Waals surface area contributed by atoms with E-state index in [1.54, 1.807) is 0 Å². The summed E-state index contributed by atoms with van der Waals surface area (Å²) >= 11 is 0. The average molecular weight is 335 g/mol. The first-order chi connectivity index (χ1) is 8.56. The summed E-state index contributed by atoms with van der Waals surface area (Å²) in [7, 11) is 0. The molecule has 1 fully saturated rings. The number of phenols is 1. The van der Waals surface area contributed by atoms with E-state index in [0.717, 1.165) is 0 Å². The number of hydrogen-bond donors (Lipinski definition) is 2. The van der Waals surface area contributed by atoms with Crippen LogP contribution in [0.3, 0.4) is 0 Å². The third-order valence-electron chi connectivity index (χ3n) is 2.49. The van der Waals surface area contributed by atoms with Crippen LogP contribution in [-0.4, -0.2) is 28.9 Å². The number of carbonyl (C=O) groups is 3. The minimum Gasteiger partial charge on any atom is -0.684 e. The number of nitrogens with zero attached hydrogens (tertiary/aromatic N) is 1. The van der Waals surface area contributed by atoms with Crippen LogP contribution in [-0.2, 0) is 42.3 Å². The first-order valence-electron chi connectivity index (χ1n) is 5.36. The molecule has 1 heterocycles. The summed E-state index contributed by atoms with van der Waals surface area (Å²) in [4.78, 5) is 34.0. The molecular formula is C12H10N2O4Y-2. The molecule has 0 saturated carbocycles. The van der Waals surface area contributed by atoms with Gasteiger partial charge in [-0.15, -0.1) is 23.8 Å². The molecule has 1 aromatic carbocycles. The second-order valence-electron chi connectivity index (χ2n) is 3.85. The van der Waals surface area contributed by atoms with E-state index in [4.69, 9.17) is 0 Å². The van der Waals surface area contributed by atoms with Gasteiger partial charge in [-0.3, -0.25) is 14.9 Å². The van der Waals surface area contributed by atoms with Crippen molar-refractivity contribution in [1.82, 2.24) is 5.32 Å². The normalized spacial score (nSPS) is 18.2. The van der Waals surface area contributed by atoms with Gasteiger partial charge in [-0.05, 0) is 18.4 Å². The van der Waals surface area contributed by atoms with E-state index in [1.165, 1.54) is 18.2 Å². The Hall–Kier alpha value is -1.27. The molecule has 0 bridgehead atoms. The zero-order valence-corrected chi connectivity index (χ0v) is 12.8. The van der Waals surface area contributed by atoms with Gasteiger partial charge in [-0.25, -0.2) is 0 Å². The Kier molecular flexibility index (Phi) is 5.63. The van der Waals surface area contributed by atoms with Gasteiger partial charge < -0.3 is 15.2 Å². The van der Waals surface area contributed by atoms with Gasteiger partial charge in [0.2, 0.25) is 11.8 Å². The first kappa shape index (κ1) is 15.8. The molecule has 2 rings (SSSR count). The van der Waals surface area contributed by atoms with E-state index >= 15 is 0 Å². The Bertz CT molecular complexity index is 518. The molecule has 6 nitrogen and oxygen atoms in total. The number of amides is 3. The molecule has 1 unspecified atom stereocenters. The maximum atomic E-state index is 11.7. The zero-order chi connectivity index (χ0) is 13.1.